The molecule has 1 unspecified atom stereocenters. The largest absolute Gasteiger partial charge is 0.356 e. The number of hydrogen-bond acceptors (Lipinski definition) is 1. The zero-order valence-electron chi connectivity index (χ0n) is 29.5. The fraction of sp³-hybridized carbons (Fsp3) is 0.213. The van der Waals surface area contributed by atoms with E-state index in [-0.39, 0.29) is 22.8 Å². The van der Waals surface area contributed by atoms with Crippen LogP contribution in [0.5, 0.6) is 0 Å². The Bertz CT molecular complexity index is 1940. The molecule has 2 nitrogen and oxygen atoms in total. The highest BCUT2D eigenvalue weighted by Gasteiger charge is 2.32. The van der Waals surface area contributed by atoms with Gasteiger partial charge in [-0.1, -0.05) is 169 Å². The zero-order chi connectivity index (χ0) is 34.6. The lowest BCUT2D eigenvalue weighted by molar-refractivity contribution is 0.588. The Morgan fingerprint density at radius 2 is 0.776 bits per heavy atom. The van der Waals surface area contributed by atoms with E-state index in [2.05, 4.69) is 197 Å². The van der Waals surface area contributed by atoms with Crippen molar-refractivity contribution in [3.8, 4) is 22.3 Å². The van der Waals surface area contributed by atoms with Gasteiger partial charge in [0.2, 0.25) is 0 Å². The summed E-state index contributed by atoms with van der Waals surface area (Å²) in [5.41, 5.74) is 12.9. The summed E-state index contributed by atoms with van der Waals surface area (Å²) in [6.45, 7) is 21.9. The van der Waals surface area contributed by atoms with Gasteiger partial charge in [0.1, 0.15) is 0 Å². The summed E-state index contributed by atoms with van der Waals surface area (Å²) in [7, 11) is 0. The number of nitrogens with zero attached hydrogens (tertiary/aromatic N) is 1. The smallest absolute Gasteiger partial charge is 0.259 e. The third kappa shape index (κ3) is 7.85. The molecule has 0 amide bonds. The van der Waals surface area contributed by atoms with Gasteiger partial charge in [-0.2, -0.15) is 0 Å². The average molecular weight is 639 g/mol. The van der Waals surface area contributed by atoms with Gasteiger partial charge in [-0.05, 0) is 79.6 Å². The second-order valence-corrected chi connectivity index (χ2v) is 15.1. The van der Waals surface area contributed by atoms with Crippen LogP contribution in [0.25, 0.3) is 27.1 Å². The van der Waals surface area contributed by atoms with E-state index < -0.39 is 0 Å². The molecule has 6 aromatic rings. The van der Waals surface area contributed by atoms with Gasteiger partial charge in [-0.15, -0.1) is 0 Å². The summed E-state index contributed by atoms with van der Waals surface area (Å²) in [6.07, 6.45) is 0. The lowest BCUT2D eigenvalue weighted by Gasteiger charge is -2.24. The number of rotatable bonds is 8. The molecular formula is C47H46N2. The Balaban J connectivity index is 1.23. The zero-order valence-corrected chi connectivity index (χ0v) is 29.5. The van der Waals surface area contributed by atoms with Crippen molar-refractivity contribution >= 4 is 11.4 Å². The summed E-state index contributed by atoms with van der Waals surface area (Å²) in [4.78, 5) is 4.27. The van der Waals surface area contributed by atoms with E-state index in [4.69, 9.17) is 6.57 Å². The number of hydrogen-bond donors (Lipinski definition) is 1. The standard InChI is InChI=1S/C47H46N2/c1-46(2,3)40-25-17-37(18-26-40)44(38-19-27-41(28-20-38)47(4,5)6)45(48-7)39-15-13-34(14-16-39)36-23-31-43(32-24-36)49-42-29-21-35(22-30-42)33-11-9-8-10-12-33/h8-32,44-45,49H,1-6H3. The van der Waals surface area contributed by atoms with E-state index in [0.717, 1.165) is 28.1 Å². The van der Waals surface area contributed by atoms with Crippen LogP contribution in [0.15, 0.2) is 152 Å². The molecule has 244 valence electrons. The topological polar surface area (TPSA) is 16.4 Å². The average Bonchev–Trinajstić information content (AvgIpc) is 3.11. The van der Waals surface area contributed by atoms with Crippen LogP contribution in [0, 0.1) is 6.57 Å². The lowest BCUT2D eigenvalue weighted by Crippen LogP contribution is -2.14. The molecule has 6 aromatic carbocycles. The molecule has 0 radical (unpaired) electrons. The number of benzene rings is 6. The van der Waals surface area contributed by atoms with Crippen molar-refractivity contribution < 1.29 is 0 Å². The highest BCUT2D eigenvalue weighted by molar-refractivity contribution is 5.71. The lowest BCUT2D eigenvalue weighted by atomic mass is 9.79. The monoisotopic (exact) mass is 638 g/mol. The van der Waals surface area contributed by atoms with Crippen LogP contribution in [-0.4, -0.2) is 0 Å². The molecule has 0 aromatic heterocycles. The fourth-order valence-electron chi connectivity index (χ4n) is 6.44. The first-order valence-electron chi connectivity index (χ1n) is 17.2. The molecule has 0 fully saturated rings. The van der Waals surface area contributed by atoms with E-state index in [1.165, 1.54) is 33.4 Å². The maximum Gasteiger partial charge on any atom is 0.259 e. The first kappa shape index (κ1) is 33.5. The molecule has 0 spiro atoms. The highest BCUT2D eigenvalue weighted by Crippen LogP contribution is 2.41. The van der Waals surface area contributed by atoms with E-state index in [0.29, 0.717) is 0 Å². The van der Waals surface area contributed by atoms with Gasteiger partial charge >= 0.3 is 0 Å². The van der Waals surface area contributed by atoms with E-state index in [1.807, 2.05) is 6.07 Å². The van der Waals surface area contributed by atoms with Crippen molar-refractivity contribution in [1.29, 1.82) is 0 Å². The summed E-state index contributed by atoms with van der Waals surface area (Å²) in [5, 5.41) is 3.53. The predicted octanol–water partition coefficient (Wildman–Crippen LogP) is 13.2. The van der Waals surface area contributed by atoms with Crippen LogP contribution in [0.4, 0.5) is 11.4 Å². The molecule has 0 saturated carbocycles. The maximum absolute atomic E-state index is 8.42. The Morgan fingerprint density at radius 3 is 1.14 bits per heavy atom. The minimum atomic E-state index is -0.352. The molecule has 0 aliphatic rings. The van der Waals surface area contributed by atoms with Gasteiger partial charge in [0, 0.05) is 16.9 Å². The van der Waals surface area contributed by atoms with Gasteiger partial charge in [-0.25, -0.2) is 6.57 Å². The molecule has 49 heavy (non-hydrogen) atoms. The molecule has 0 bridgehead atoms. The van der Waals surface area contributed by atoms with Crippen molar-refractivity contribution in [2.75, 3.05) is 5.32 Å². The van der Waals surface area contributed by atoms with Gasteiger partial charge in [0.15, 0.2) is 0 Å². The minimum absolute atomic E-state index is 0.0693. The number of nitrogens with one attached hydrogen (secondary N) is 1. The van der Waals surface area contributed by atoms with Crippen LogP contribution in [-0.2, 0) is 10.8 Å². The van der Waals surface area contributed by atoms with Crippen LogP contribution >= 0.6 is 0 Å². The molecular weight excluding hydrogens is 593 g/mol. The molecule has 2 heteroatoms. The first-order chi connectivity index (χ1) is 23.5. The normalized spacial score (nSPS) is 12.4. The Hall–Kier alpha value is -5.39. The van der Waals surface area contributed by atoms with Crippen molar-refractivity contribution in [2.45, 2.75) is 64.3 Å². The van der Waals surface area contributed by atoms with Crippen molar-refractivity contribution in [2.24, 2.45) is 0 Å². The van der Waals surface area contributed by atoms with Crippen LogP contribution in [0.1, 0.15) is 81.3 Å². The number of anilines is 2. The van der Waals surface area contributed by atoms with Crippen LogP contribution < -0.4 is 5.32 Å². The summed E-state index contributed by atoms with van der Waals surface area (Å²) in [5.74, 6) is -0.0847. The third-order valence-corrected chi connectivity index (χ3v) is 9.48. The quantitative estimate of drug-likeness (QED) is 0.164. The van der Waals surface area contributed by atoms with Gasteiger partial charge in [0.25, 0.3) is 6.04 Å². The second-order valence-electron chi connectivity index (χ2n) is 15.1. The van der Waals surface area contributed by atoms with E-state index in [1.54, 1.807) is 0 Å². The predicted molar refractivity (Wildman–Crippen MR) is 209 cm³/mol. The first-order valence-corrected chi connectivity index (χ1v) is 17.2. The molecule has 1 N–H and O–H groups in total. The van der Waals surface area contributed by atoms with Gasteiger partial charge < -0.3 is 10.2 Å². The summed E-state index contributed by atoms with van der Waals surface area (Å²) in [6, 6.07) is 53.6. The Morgan fingerprint density at radius 1 is 0.429 bits per heavy atom. The molecule has 1 atom stereocenters. The minimum Gasteiger partial charge on any atom is -0.356 e. The van der Waals surface area contributed by atoms with Crippen molar-refractivity contribution in [3.05, 3.63) is 191 Å². The van der Waals surface area contributed by atoms with Crippen LogP contribution in [0.2, 0.25) is 0 Å². The molecule has 6 rings (SSSR count). The third-order valence-electron chi connectivity index (χ3n) is 9.48. The summed E-state index contributed by atoms with van der Waals surface area (Å²) >= 11 is 0. The van der Waals surface area contributed by atoms with Crippen molar-refractivity contribution in [1.82, 2.24) is 0 Å². The SMILES string of the molecule is [C-]#[N+]C(c1ccc(-c2ccc(Nc3ccc(-c4ccccc4)cc3)cc2)cc1)C(c1ccc(C(C)(C)C)cc1)c1ccc(C(C)(C)C)cc1. The van der Waals surface area contributed by atoms with Crippen molar-refractivity contribution in [3.63, 3.8) is 0 Å². The Kier molecular flexibility index (Phi) is 9.57. The molecule has 0 aliphatic heterocycles. The second kappa shape index (κ2) is 14.0. The Labute approximate surface area is 293 Å². The molecule has 0 heterocycles. The molecule has 0 saturated heterocycles. The maximum atomic E-state index is 8.42. The van der Waals surface area contributed by atoms with E-state index >= 15 is 0 Å². The molecule has 0 aliphatic carbocycles. The van der Waals surface area contributed by atoms with Gasteiger partial charge in [-0.3, -0.25) is 0 Å². The highest BCUT2D eigenvalue weighted by atomic mass is 14.9. The van der Waals surface area contributed by atoms with E-state index in [9.17, 15) is 0 Å². The van der Waals surface area contributed by atoms with Gasteiger partial charge in [0.05, 0.1) is 5.92 Å². The fourth-order valence-corrected chi connectivity index (χ4v) is 6.44. The van der Waals surface area contributed by atoms with Crippen LogP contribution in [0.3, 0.4) is 0 Å². The summed E-state index contributed by atoms with van der Waals surface area (Å²) < 4.78 is 0.